The zero-order chi connectivity index (χ0) is 17.7. The summed E-state index contributed by atoms with van der Waals surface area (Å²) in [5.74, 6) is -0.266. The average Bonchev–Trinajstić information content (AvgIpc) is 3.04. The molecule has 0 saturated heterocycles. The van der Waals surface area contributed by atoms with Crippen LogP contribution in [0.3, 0.4) is 0 Å². The summed E-state index contributed by atoms with van der Waals surface area (Å²) in [5, 5.41) is 2.83. The Balaban J connectivity index is 2.02. The summed E-state index contributed by atoms with van der Waals surface area (Å²) in [5.41, 5.74) is 0.967. The fourth-order valence-electron chi connectivity index (χ4n) is 2.30. The third-order valence-corrected chi connectivity index (χ3v) is 5.71. The molecule has 0 aliphatic heterocycles. The van der Waals surface area contributed by atoms with Crippen LogP contribution in [0, 0.1) is 6.92 Å². The molecule has 0 atom stereocenters. The zero-order valence-electron chi connectivity index (χ0n) is 14.2. The third kappa shape index (κ3) is 4.24. The standard InChI is InChI=1S/C17H23N3O3S/c1-14-7-8-15(13-16(14)24(22,23)19(2)3)17(21)18-9-6-12-20-10-4-5-11-20/h4-5,7-8,10-11,13H,6,9,12H2,1-3H3,(H,18,21). The molecule has 0 unspecified atom stereocenters. The Morgan fingerprint density at radius 2 is 1.88 bits per heavy atom. The van der Waals surface area contributed by atoms with Crippen LogP contribution in [0.25, 0.3) is 0 Å². The van der Waals surface area contributed by atoms with E-state index >= 15 is 0 Å². The van der Waals surface area contributed by atoms with Crippen molar-refractivity contribution in [3.05, 3.63) is 53.9 Å². The van der Waals surface area contributed by atoms with Gasteiger partial charge < -0.3 is 9.88 Å². The van der Waals surface area contributed by atoms with E-state index in [4.69, 9.17) is 0 Å². The van der Waals surface area contributed by atoms with Crippen LogP contribution in [0.5, 0.6) is 0 Å². The fourth-order valence-corrected chi connectivity index (χ4v) is 3.44. The SMILES string of the molecule is Cc1ccc(C(=O)NCCCn2cccc2)cc1S(=O)(=O)N(C)C. The Kier molecular flexibility index (Phi) is 5.80. The van der Waals surface area contributed by atoms with Crippen LogP contribution >= 0.6 is 0 Å². The topological polar surface area (TPSA) is 71.4 Å². The van der Waals surface area contributed by atoms with Crippen molar-refractivity contribution in [3.8, 4) is 0 Å². The predicted molar refractivity (Wildman–Crippen MR) is 93.4 cm³/mol. The molecule has 24 heavy (non-hydrogen) atoms. The van der Waals surface area contributed by atoms with Crippen LogP contribution in [-0.4, -0.2) is 43.8 Å². The van der Waals surface area contributed by atoms with Crippen LogP contribution in [0.1, 0.15) is 22.3 Å². The highest BCUT2D eigenvalue weighted by molar-refractivity contribution is 7.89. The first-order valence-electron chi connectivity index (χ1n) is 7.74. The van der Waals surface area contributed by atoms with Crippen LogP contribution in [0.15, 0.2) is 47.6 Å². The highest BCUT2D eigenvalue weighted by atomic mass is 32.2. The number of nitrogens with zero attached hydrogens (tertiary/aromatic N) is 2. The number of carbonyl (C=O) groups excluding carboxylic acids is 1. The minimum atomic E-state index is -3.57. The van der Waals surface area contributed by atoms with Gasteiger partial charge in [-0.2, -0.15) is 0 Å². The molecule has 0 bridgehead atoms. The molecule has 6 nitrogen and oxygen atoms in total. The highest BCUT2D eigenvalue weighted by Crippen LogP contribution is 2.19. The average molecular weight is 349 g/mol. The Morgan fingerprint density at radius 1 is 1.21 bits per heavy atom. The maximum Gasteiger partial charge on any atom is 0.251 e. The minimum Gasteiger partial charge on any atom is -0.354 e. The molecule has 0 aliphatic rings. The first-order chi connectivity index (χ1) is 11.3. The molecule has 1 aromatic heterocycles. The summed E-state index contributed by atoms with van der Waals surface area (Å²) in [6.45, 7) is 3.07. The molecule has 0 radical (unpaired) electrons. The van der Waals surface area contributed by atoms with Crippen LogP contribution in [0.4, 0.5) is 0 Å². The predicted octanol–water partition coefficient (Wildman–Crippen LogP) is 1.87. The van der Waals surface area contributed by atoms with Crippen molar-refractivity contribution in [1.29, 1.82) is 0 Å². The van der Waals surface area contributed by atoms with E-state index in [2.05, 4.69) is 5.32 Å². The Labute approximate surface area is 143 Å². The second kappa shape index (κ2) is 7.63. The molecule has 0 saturated carbocycles. The molecule has 0 spiro atoms. The summed E-state index contributed by atoms with van der Waals surface area (Å²) < 4.78 is 27.8. The maximum absolute atomic E-state index is 12.3. The lowest BCUT2D eigenvalue weighted by Crippen LogP contribution is -2.27. The molecule has 2 rings (SSSR count). The Bertz CT molecular complexity index is 796. The van der Waals surface area contributed by atoms with Crippen LogP contribution < -0.4 is 5.32 Å². The van der Waals surface area contributed by atoms with E-state index in [1.165, 1.54) is 20.2 Å². The lowest BCUT2D eigenvalue weighted by molar-refractivity contribution is 0.0952. The van der Waals surface area contributed by atoms with E-state index in [0.717, 1.165) is 17.3 Å². The Hall–Kier alpha value is -2.12. The smallest absolute Gasteiger partial charge is 0.251 e. The van der Waals surface area contributed by atoms with E-state index < -0.39 is 10.0 Å². The van der Waals surface area contributed by atoms with Gasteiger partial charge in [0.1, 0.15) is 0 Å². The molecule has 1 heterocycles. The van der Waals surface area contributed by atoms with Gasteiger partial charge in [-0.3, -0.25) is 4.79 Å². The molecule has 130 valence electrons. The van der Waals surface area contributed by atoms with Crippen LogP contribution in [-0.2, 0) is 16.6 Å². The summed E-state index contributed by atoms with van der Waals surface area (Å²) in [6, 6.07) is 8.65. The van der Waals surface area contributed by atoms with Gasteiger partial charge in [0.15, 0.2) is 0 Å². The molecule has 7 heteroatoms. The fraction of sp³-hybridized carbons (Fsp3) is 0.353. The first-order valence-corrected chi connectivity index (χ1v) is 9.18. The van der Waals surface area contributed by atoms with Crippen molar-refractivity contribution in [1.82, 2.24) is 14.2 Å². The van der Waals surface area contributed by atoms with E-state index in [9.17, 15) is 13.2 Å². The van der Waals surface area contributed by atoms with Gasteiger partial charge in [0.25, 0.3) is 5.91 Å². The van der Waals surface area contributed by atoms with Gasteiger partial charge in [0.2, 0.25) is 10.0 Å². The number of hydrogen-bond acceptors (Lipinski definition) is 3. The lowest BCUT2D eigenvalue weighted by Gasteiger charge is -2.14. The van der Waals surface area contributed by atoms with Gasteiger partial charge in [-0.15, -0.1) is 0 Å². The van der Waals surface area contributed by atoms with Crippen molar-refractivity contribution in [2.24, 2.45) is 0 Å². The van der Waals surface area contributed by atoms with Crippen molar-refractivity contribution in [2.75, 3.05) is 20.6 Å². The number of hydrogen-bond donors (Lipinski definition) is 1. The van der Waals surface area contributed by atoms with E-state index in [-0.39, 0.29) is 10.8 Å². The largest absolute Gasteiger partial charge is 0.354 e. The maximum atomic E-state index is 12.3. The van der Waals surface area contributed by atoms with Crippen molar-refractivity contribution >= 4 is 15.9 Å². The monoisotopic (exact) mass is 349 g/mol. The zero-order valence-corrected chi connectivity index (χ0v) is 15.0. The van der Waals surface area contributed by atoms with E-state index in [1.54, 1.807) is 19.1 Å². The van der Waals surface area contributed by atoms with Gasteiger partial charge in [-0.25, -0.2) is 12.7 Å². The normalized spacial score (nSPS) is 11.7. The second-order valence-corrected chi connectivity index (χ2v) is 7.92. The lowest BCUT2D eigenvalue weighted by atomic mass is 10.1. The Morgan fingerprint density at radius 3 is 2.50 bits per heavy atom. The summed E-state index contributed by atoms with van der Waals surface area (Å²) >= 11 is 0. The first kappa shape index (κ1) is 18.2. The molecule has 1 N–H and O–H groups in total. The summed E-state index contributed by atoms with van der Waals surface area (Å²) in [6.07, 6.45) is 4.75. The number of aryl methyl sites for hydroxylation is 2. The second-order valence-electron chi connectivity index (χ2n) is 5.80. The van der Waals surface area contributed by atoms with Gasteiger partial charge in [-0.1, -0.05) is 6.07 Å². The number of rotatable bonds is 7. The van der Waals surface area contributed by atoms with Crippen molar-refractivity contribution < 1.29 is 13.2 Å². The molecular formula is C17H23N3O3S. The van der Waals surface area contributed by atoms with Gasteiger partial charge >= 0.3 is 0 Å². The van der Waals surface area contributed by atoms with Gasteiger partial charge in [0, 0.05) is 45.1 Å². The molecule has 0 aliphatic carbocycles. The van der Waals surface area contributed by atoms with Gasteiger partial charge in [-0.05, 0) is 43.2 Å². The minimum absolute atomic E-state index is 0.160. The van der Waals surface area contributed by atoms with E-state index in [0.29, 0.717) is 17.7 Å². The molecule has 1 aromatic carbocycles. The molecule has 0 fully saturated rings. The van der Waals surface area contributed by atoms with Crippen molar-refractivity contribution in [3.63, 3.8) is 0 Å². The number of carbonyl (C=O) groups is 1. The number of nitrogens with one attached hydrogen (secondary N) is 1. The van der Waals surface area contributed by atoms with Crippen LogP contribution in [0.2, 0.25) is 0 Å². The summed E-state index contributed by atoms with van der Waals surface area (Å²) in [7, 11) is -0.618. The number of benzene rings is 1. The third-order valence-electron chi connectivity index (χ3n) is 3.75. The van der Waals surface area contributed by atoms with E-state index in [1.807, 2.05) is 29.1 Å². The van der Waals surface area contributed by atoms with Crippen molar-refractivity contribution in [2.45, 2.75) is 24.8 Å². The number of aromatic nitrogens is 1. The number of sulfonamides is 1. The molecular weight excluding hydrogens is 326 g/mol. The summed E-state index contributed by atoms with van der Waals surface area (Å²) in [4.78, 5) is 12.4. The molecule has 2 aromatic rings. The highest BCUT2D eigenvalue weighted by Gasteiger charge is 2.21. The van der Waals surface area contributed by atoms with Gasteiger partial charge in [0.05, 0.1) is 4.90 Å². The number of amides is 1. The quantitative estimate of drug-likeness (QED) is 0.776. The molecule has 1 amide bonds.